The number of pyridine rings is 1. The molecule has 78 valence electrons. The minimum Gasteiger partial charge on any atom is -0.265 e. The molecule has 2 aromatic rings. The van der Waals surface area contributed by atoms with E-state index in [2.05, 4.69) is 41.7 Å². The van der Waals surface area contributed by atoms with Crippen molar-refractivity contribution >= 4 is 36.6 Å². The summed E-state index contributed by atoms with van der Waals surface area (Å²) in [4.78, 5) is 5.24. The maximum absolute atomic E-state index is 4.61. The lowest BCUT2D eigenvalue weighted by Gasteiger charge is -2.17. The SMILES string of the molecule is SC(c1ccncc1)C(S)c1cccs1. The fraction of sp³-hybridized carbons (Fsp3) is 0.182. The lowest BCUT2D eigenvalue weighted by molar-refractivity contribution is 0.934. The second-order valence-electron chi connectivity index (χ2n) is 3.19. The van der Waals surface area contributed by atoms with Gasteiger partial charge in [0.15, 0.2) is 0 Å². The second-order valence-corrected chi connectivity index (χ2v) is 5.28. The van der Waals surface area contributed by atoms with Crippen LogP contribution in [0.4, 0.5) is 0 Å². The summed E-state index contributed by atoms with van der Waals surface area (Å²) in [5.74, 6) is 0. The van der Waals surface area contributed by atoms with Gasteiger partial charge in [-0.25, -0.2) is 0 Å². The molecule has 0 N–H and O–H groups in total. The molecule has 0 saturated carbocycles. The second kappa shape index (κ2) is 5.05. The van der Waals surface area contributed by atoms with E-state index in [1.165, 1.54) is 4.88 Å². The third-order valence-electron chi connectivity index (χ3n) is 2.18. The predicted molar refractivity (Wildman–Crippen MR) is 72.0 cm³/mol. The Morgan fingerprint density at radius 2 is 1.80 bits per heavy atom. The molecule has 2 unspecified atom stereocenters. The van der Waals surface area contributed by atoms with Crippen molar-refractivity contribution in [2.75, 3.05) is 0 Å². The van der Waals surface area contributed by atoms with Crippen LogP contribution in [0, 0.1) is 0 Å². The lowest BCUT2D eigenvalue weighted by atomic mass is 10.1. The third kappa shape index (κ3) is 2.56. The van der Waals surface area contributed by atoms with Gasteiger partial charge in [0.2, 0.25) is 0 Å². The Labute approximate surface area is 104 Å². The fourth-order valence-electron chi connectivity index (χ4n) is 1.36. The highest BCUT2D eigenvalue weighted by Gasteiger charge is 2.18. The molecule has 0 aromatic carbocycles. The summed E-state index contributed by atoms with van der Waals surface area (Å²) in [7, 11) is 0. The van der Waals surface area contributed by atoms with Crippen LogP contribution in [-0.2, 0) is 0 Å². The predicted octanol–water partition coefficient (Wildman–Crippen LogP) is 3.79. The first-order valence-corrected chi connectivity index (χ1v) is 6.50. The van der Waals surface area contributed by atoms with Gasteiger partial charge in [-0.05, 0) is 29.1 Å². The van der Waals surface area contributed by atoms with E-state index in [-0.39, 0.29) is 10.5 Å². The minimum absolute atomic E-state index is 0.106. The first kappa shape index (κ1) is 11.0. The van der Waals surface area contributed by atoms with E-state index < -0.39 is 0 Å². The van der Waals surface area contributed by atoms with Crippen LogP contribution >= 0.6 is 36.6 Å². The fourth-order valence-corrected chi connectivity index (χ4v) is 2.98. The van der Waals surface area contributed by atoms with Crippen LogP contribution in [0.2, 0.25) is 0 Å². The van der Waals surface area contributed by atoms with Gasteiger partial charge in [0.25, 0.3) is 0 Å². The molecule has 2 rings (SSSR count). The molecule has 2 aromatic heterocycles. The van der Waals surface area contributed by atoms with Gasteiger partial charge in [-0.15, -0.1) is 11.3 Å². The van der Waals surface area contributed by atoms with Crippen LogP contribution in [-0.4, -0.2) is 4.98 Å². The quantitative estimate of drug-likeness (QED) is 0.794. The Kier molecular flexibility index (Phi) is 3.72. The summed E-state index contributed by atoms with van der Waals surface area (Å²) >= 11 is 10.9. The Hall–Kier alpha value is -0.450. The summed E-state index contributed by atoms with van der Waals surface area (Å²) in [5, 5.41) is 2.30. The topological polar surface area (TPSA) is 12.9 Å². The van der Waals surface area contributed by atoms with Crippen molar-refractivity contribution in [2.45, 2.75) is 10.5 Å². The highest BCUT2D eigenvalue weighted by Crippen LogP contribution is 2.40. The standard InChI is InChI=1S/C11H11NS3/c13-10(8-3-5-12-6-4-8)11(14)9-2-1-7-15-9/h1-7,10-11,13-14H. The normalized spacial score (nSPS) is 14.8. The molecule has 0 aliphatic rings. The summed E-state index contributed by atoms with van der Waals surface area (Å²) in [6.07, 6.45) is 3.57. The molecule has 0 bridgehead atoms. The molecule has 15 heavy (non-hydrogen) atoms. The van der Waals surface area contributed by atoms with Crippen molar-refractivity contribution in [2.24, 2.45) is 0 Å². The number of thiol groups is 2. The molecule has 0 amide bonds. The zero-order chi connectivity index (χ0) is 10.7. The van der Waals surface area contributed by atoms with Crippen LogP contribution in [0.1, 0.15) is 20.9 Å². The minimum atomic E-state index is 0.106. The molecular weight excluding hydrogens is 242 g/mol. The highest BCUT2D eigenvalue weighted by atomic mass is 32.1. The Bertz CT molecular complexity index is 399. The molecule has 0 aliphatic heterocycles. The number of nitrogens with zero attached hydrogens (tertiary/aromatic N) is 1. The largest absolute Gasteiger partial charge is 0.265 e. The Balaban J connectivity index is 2.18. The summed E-state index contributed by atoms with van der Waals surface area (Å²) in [6, 6.07) is 8.09. The molecule has 2 heterocycles. The van der Waals surface area contributed by atoms with Crippen LogP contribution in [0.15, 0.2) is 42.0 Å². The van der Waals surface area contributed by atoms with Gasteiger partial charge >= 0.3 is 0 Å². The van der Waals surface area contributed by atoms with Crippen molar-refractivity contribution in [1.82, 2.24) is 4.98 Å². The molecule has 4 heteroatoms. The van der Waals surface area contributed by atoms with Gasteiger partial charge in [-0.2, -0.15) is 25.3 Å². The van der Waals surface area contributed by atoms with Crippen molar-refractivity contribution in [3.05, 3.63) is 52.5 Å². The first-order valence-electron chi connectivity index (χ1n) is 4.58. The molecule has 0 saturated heterocycles. The van der Waals surface area contributed by atoms with E-state index in [0.29, 0.717) is 0 Å². The molecule has 0 spiro atoms. The molecular formula is C11H11NS3. The van der Waals surface area contributed by atoms with Gasteiger partial charge in [0.05, 0.1) is 5.25 Å². The monoisotopic (exact) mass is 253 g/mol. The van der Waals surface area contributed by atoms with E-state index >= 15 is 0 Å². The number of aromatic nitrogens is 1. The van der Waals surface area contributed by atoms with Crippen LogP contribution in [0.25, 0.3) is 0 Å². The average Bonchev–Trinajstić information content (AvgIpc) is 2.82. The van der Waals surface area contributed by atoms with Crippen LogP contribution < -0.4 is 0 Å². The zero-order valence-corrected chi connectivity index (χ0v) is 10.6. The number of thiophene rings is 1. The lowest BCUT2D eigenvalue weighted by Crippen LogP contribution is -1.98. The molecule has 2 atom stereocenters. The van der Waals surface area contributed by atoms with E-state index in [9.17, 15) is 0 Å². The third-order valence-corrected chi connectivity index (χ3v) is 4.72. The number of hydrogen-bond donors (Lipinski definition) is 2. The van der Waals surface area contributed by atoms with Crippen molar-refractivity contribution in [1.29, 1.82) is 0 Å². The number of rotatable bonds is 3. The van der Waals surface area contributed by atoms with Gasteiger partial charge in [-0.1, -0.05) is 6.07 Å². The Morgan fingerprint density at radius 1 is 1.07 bits per heavy atom. The maximum Gasteiger partial charge on any atom is 0.0518 e. The zero-order valence-electron chi connectivity index (χ0n) is 7.95. The highest BCUT2D eigenvalue weighted by molar-refractivity contribution is 7.84. The summed E-state index contributed by atoms with van der Waals surface area (Å²) in [5.41, 5.74) is 1.15. The van der Waals surface area contributed by atoms with E-state index in [4.69, 9.17) is 0 Å². The smallest absolute Gasteiger partial charge is 0.0518 e. The molecule has 0 aliphatic carbocycles. The maximum atomic E-state index is 4.61. The first-order chi connectivity index (χ1) is 7.29. The van der Waals surface area contributed by atoms with E-state index in [0.717, 1.165) is 5.56 Å². The van der Waals surface area contributed by atoms with Crippen molar-refractivity contribution in [3.8, 4) is 0 Å². The summed E-state index contributed by atoms with van der Waals surface area (Å²) in [6.45, 7) is 0. The van der Waals surface area contributed by atoms with Gasteiger partial charge in [0, 0.05) is 22.5 Å². The van der Waals surface area contributed by atoms with Gasteiger partial charge in [0.1, 0.15) is 0 Å². The van der Waals surface area contributed by atoms with Crippen molar-refractivity contribution in [3.63, 3.8) is 0 Å². The van der Waals surface area contributed by atoms with Crippen LogP contribution in [0.5, 0.6) is 0 Å². The Morgan fingerprint density at radius 3 is 2.40 bits per heavy atom. The van der Waals surface area contributed by atoms with Gasteiger partial charge in [-0.3, -0.25) is 4.98 Å². The van der Waals surface area contributed by atoms with Crippen LogP contribution in [0.3, 0.4) is 0 Å². The number of hydrogen-bond acceptors (Lipinski definition) is 4. The van der Waals surface area contributed by atoms with E-state index in [1.54, 1.807) is 23.7 Å². The molecule has 0 radical (unpaired) electrons. The molecule has 0 fully saturated rings. The summed E-state index contributed by atoms with van der Waals surface area (Å²) < 4.78 is 0. The van der Waals surface area contributed by atoms with E-state index in [1.807, 2.05) is 18.2 Å². The average molecular weight is 253 g/mol. The van der Waals surface area contributed by atoms with Crippen molar-refractivity contribution < 1.29 is 0 Å². The molecule has 1 nitrogen and oxygen atoms in total. The van der Waals surface area contributed by atoms with Gasteiger partial charge < -0.3 is 0 Å².